The first kappa shape index (κ1) is 10.7. The number of nitrogens with zero attached hydrogens (tertiary/aromatic N) is 3. The molecule has 3 rings (SSSR count). The van der Waals surface area contributed by atoms with Crippen molar-refractivity contribution in [2.45, 2.75) is 13.0 Å². The molecule has 1 fully saturated rings. The summed E-state index contributed by atoms with van der Waals surface area (Å²) in [6.45, 7) is 5.07. The fraction of sp³-hybridized carbons (Fsp3) is 0.636. The first-order valence-electron chi connectivity index (χ1n) is 6.03. The van der Waals surface area contributed by atoms with Gasteiger partial charge < -0.3 is 20.7 Å². The average molecular weight is 235 g/mol. The third-order valence-electron chi connectivity index (χ3n) is 3.24. The second-order valence-electron chi connectivity index (χ2n) is 4.36. The summed E-state index contributed by atoms with van der Waals surface area (Å²) in [4.78, 5) is 11.0. The Morgan fingerprint density at radius 1 is 1.24 bits per heavy atom. The lowest BCUT2D eigenvalue weighted by molar-refractivity contribution is 0.122. The molecule has 1 aromatic rings. The number of aromatic nitrogens is 2. The zero-order chi connectivity index (χ0) is 11.7. The average Bonchev–Trinajstić information content (AvgIpc) is 2.39. The zero-order valence-electron chi connectivity index (χ0n) is 9.78. The molecule has 0 amide bonds. The van der Waals surface area contributed by atoms with Gasteiger partial charge in [0.15, 0.2) is 0 Å². The van der Waals surface area contributed by atoms with E-state index >= 15 is 0 Å². The van der Waals surface area contributed by atoms with E-state index in [4.69, 9.17) is 10.5 Å². The van der Waals surface area contributed by atoms with Crippen molar-refractivity contribution in [3.63, 3.8) is 0 Å². The lowest BCUT2D eigenvalue weighted by Crippen LogP contribution is -2.39. The summed E-state index contributed by atoms with van der Waals surface area (Å²) in [6.07, 6.45) is 0.975. The van der Waals surface area contributed by atoms with E-state index in [1.165, 1.54) is 5.56 Å². The fourth-order valence-corrected chi connectivity index (χ4v) is 2.40. The molecule has 1 aromatic heterocycles. The molecule has 0 atom stereocenters. The zero-order valence-corrected chi connectivity index (χ0v) is 9.78. The normalized spacial score (nSPS) is 20.1. The molecule has 3 N–H and O–H groups in total. The maximum atomic E-state index is 5.78. The summed E-state index contributed by atoms with van der Waals surface area (Å²) < 4.78 is 5.37. The molecular weight excluding hydrogens is 218 g/mol. The van der Waals surface area contributed by atoms with E-state index in [1.807, 2.05) is 0 Å². The van der Waals surface area contributed by atoms with E-state index in [0.717, 1.165) is 57.3 Å². The van der Waals surface area contributed by atoms with E-state index in [9.17, 15) is 0 Å². The molecule has 6 nitrogen and oxygen atoms in total. The van der Waals surface area contributed by atoms with Crippen LogP contribution in [-0.4, -0.2) is 42.8 Å². The quantitative estimate of drug-likeness (QED) is 0.686. The van der Waals surface area contributed by atoms with Crippen molar-refractivity contribution in [1.82, 2.24) is 15.3 Å². The van der Waals surface area contributed by atoms with Crippen LogP contribution in [0.15, 0.2) is 0 Å². The number of nitrogens with one attached hydrogen (secondary N) is 1. The van der Waals surface area contributed by atoms with Crippen LogP contribution in [0.4, 0.5) is 11.8 Å². The van der Waals surface area contributed by atoms with Crippen LogP contribution in [0.25, 0.3) is 0 Å². The van der Waals surface area contributed by atoms with Gasteiger partial charge in [0.05, 0.1) is 18.9 Å². The van der Waals surface area contributed by atoms with Gasteiger partial charge in [-0.1, -0.05) is 0 Å². The summed E-state index contributed by atoms with van der Waals surface area (Å²) in [5, 5.41) is 3.31. The highest BCUT2D eigenvalue weighted by Gasteiger charge is 2.22. The van der Waals surface area contributed by atoms with E-state index in [0.29, 0.717) is 5.95 Å². The predicted octanol–water partition coefficient (Wildman–Crippen LogP) is -0.459. The molecule has 2 aliphatic heterocycles. The van der Waals surface area contributed by atoms with Crippen LogP contribution in [0, 0.1) is 0 Å². The Bertz CT molecular complexity index is 417. The Morgan fingerprint density at radius 2 is 2.06 bits per heavy atom. The predicted molar refractivity (Wildman–Crippen MR) is 64.9 cm³/mol. The number of morpholine rings is 1. The number of nitrogens with two attached hydrogens (primary N) is 1. The number of ether oxygens (including phenoxy) is 1. The van der Waals surface area contributed by atoms with Crippen LogP contribution in [0.5, 0.6) is 0 Å². The number of rotatable bonds is 1. The standard InChI is InChI=1S/C11H17N5O/c12-11-14-9-7-13-2-1-8(9)10(15-11)16-3-5-17-6-4-16/h13H,1-7H2,(H2,12,14,15). The van der Waals surface area contributed by atoms with Gasteiger partial charge in [-0.3, -0.25) is 0 Å². The monoisotopic (exact) mass is 235 g/mol. The van der Waals surface area contributed by atoms with Crippen LogP contribution in [0.1, 0.15) is 11.3 Å². The second kappa shape index (κ2) is 4.46. The maximum Gasteiger partial charge on any atom is 0.222 e. The molecule has 0 unspecified atom stereocenters. The minimum atomic E-state index is 0.369. The molecule has 6 heteroatoms. The smallest absolute Gasteiger partial charge is 0.222 e. The number of fused-ring (bicyclic) bond motifs is 1. The first-order chi connectivity index (χ1) is 8.34. The SMILES string of the molecule is Nc1nc2c(c(N3CCOCC3)n1)CCNC2. The Morgan fingerprint density at radius 3 is 2.88 bits per heavy atom. The van der Waals surface area contributed by atoms with Crippen LogP contribution < -0.4 is 16.0 Å². The van der Waals surface area contributed by atoms with Crippen LogP contribution in [0.3, 0.4) is 0 Å². The molecule has 2 aliphatic rings. The Labute approximate surface area is 100 Å². The van der Waals surface area contributed by atoms with Crippen molar-refractivity contribution in [2.75, 3.05) is 43.5 Å². The van der Waals surface area contributed by atoms with Gasteiger partial charge in [-0.05, 0) is 13.0 Å². The molecule has 0 bridgehead atoms. The number of hydrogen-bond donors (Lipinski definition) is 2. The van der Waals surface area contributed by atoms with Crippen molar-refractivity contribution in [3.05, 3.63) is 11.3 Å². The van der Waals surface area contributed by atoms with Crippen LogP contribution in [-0.2, 0) is 17.7 Å². The molecular formula is C11H17N5O. The minimum Gasteiger partial charge on any atom is -0.378 e. The van der Waals surface area contributed by atoms with Gasteiger partial charge in [-0.25, -0.2) is 4.98 Å². The van der Waals surface area contributed by atoms with Crippen molar-refractivity contribution in [3.8, 4) is 0 Å². The molecule has 0 spiro atoms. The van der Waals surface area contributed by atoms with Gasteiger partial charge in [0.2, 0.25) is 5.95 Å². The fourth-order valence-electron chi connectivity index (χ4n) is 2.40. The van der Waals surface area contributed by atoms with Crippen LogP contribution in [0.2, 0.25) is 0 Å². The van der Waals surface area contributed by atoms with E-state index in [2.05, 4.69) is 20.2 Å². The largest absolute Gasteiger partial charge is 0.378 e. The summed E-state index contributed by atoms with van der Waals surface area (Å²) in [5.74, 6) is 1.38. The molecule has 0 aromatic carbocycles. The highest BCUT2D eigenvalue weighted by molar-refractivity contribution is 5.53. The Hall–Kier alpha value is -1.40. The molecule has 92 valence electrons. The first-order valence-corrected chi connectivity index (χ1v) is 6.03. The highest BCUT2D eigenvalue weighted by Crippen LogP contribution is 2.25. The van der Waals surface area contributed by atoms with Crippen molar-refractivity contribution < 1.29 is 4.74 Å². The number of nitrogen functional groups attached to an aromatic ring is 1. The van der Waals surface area contributed by atoms with Crippen molar-refractivity contribution in [2.24, 2.45) is 0 Å². The van der Waals surface area contributed by atoms with Crippen LogP contribution >= 0.6 is 0 Å². The van der Waals surface area contributed by atoms with Gasteiger partial charge in [-0.2, -0.15) is 4.98 Å². The number of anilines is 2. The van der Waals surface area contributed by atoms with E-state index in [1.54, 1.807) is 0 Å². The Balaban J connectivity index is 1.98. The third-order valence-corrected chi connectivity index (χ3v) is 3.24. The molecule has 1 saturated heterocycles. The van der Waals surface area contributed by atoms with Gasteiger partial charge in [0.25, 0.3) is 0 Å². The maximum absolute atomic E-state index is 5.78. The molecule has 0 saturated carbocycles. The van der Waals surface area contributed by atoms with Gasteiger partial charge >= 0.3 is 0 Å². The summed E-state index contributed by atoms with van der Waals surface area (Å²) >= 11 is 0. The molecule has 0 radical (unpaired) electrons. The second-order valence-corrected chi connectivity index (χ2v) is 4.36. The molecule has 3 heterocycles. The highest BCUT2D eigenvalue weighted by atomic mass is 16.5. The summed E-state index contributed by atoms with van der Waals surface area (Å²) in [6, 6.07) is 0. The van der Waals surface area contributed by atoms with Crippen molar-refractivity contribution in [1.29, 1.82) is 0 Å². The van der Waals surface area contributed by atoms with E-state index < -0.39 is 0 Å². The van der Waals surface area contributed by atoms with E-state index in [-0.39, 0.29) is 0 Å². The molecule has 17 heavy (non-hydrogen) atoms. The summed E-state index contributed by atoms with van der Waals surface area (Å²) in [7, 11) is 0. The topological polar surface area (TPSA) is 76.3 Å². The van der Waals surface area contributed by atoms with Crippen molar-refractivity contribution >= 4 is 11.8 Å². The van der Waals surface area contributed by atoms with Gasteiger partial charge in [-0.15, -0.1) is 0 Å². The number of hydrogen-bond acceptors (Lipinski definition) is 6. The lowest BCUT2D eigenvalue weighted by Gasteiger charge is -2.31. The Kier molecular flexibility index (Phi) is 2.82. The lowest BCUT2D eigenvalue weighted by atomic mass is 10.1. The summed E-state index contributed by atoms with van der Waals surface area (Å²) in [5.41, 5.74) is 8.08. The van der Waals surface area contributed by atoms with Gasteiger partial charge in [0.1, 0.15) is 5.82 Å². The minimum absolute atomic E-state index is 0.369. The van der Waals surface area contributed by atoms with Gasteiger partial charge in [0, 0.05) is 25.2 Å². The third kappa shape index (κ3) is 2.05. The molecule has 0 aliphatic carbocycles.